The van der Waals surface area contributed by atoms with Crippen molar-refractivity contribution in [2.75, 3.05) is 16.8 Å². The molecule has 0 spiro atoms. The van der Waals surface area contributed by atoms with Gasteiger partial charge in [-0.15, -0.1) is 0 Å². The van der Waals surface area contributed by atoms with Crippen LogP contribution in [0.1, 0.15) is 18.4 Å². The predicted molar refractivity (Wildman–Crippen MR) is 72.8 cm³/mol. The highest BCUT2D eigenvalue weighted by Gasteiger charge is 2.14. The monoisotopic (exact) mass is 296 g/mol. The molecule has 84 valence electrons. The molecule has 0 aliphatic carbocycles. The highest BCUT2D eigenvalue weighted by molar-refractivity contribution is 9.10. The molecule has 1 aromatic rings. The third-order valence-corrected chi connectivity index (χ3v) is 4.38. The molecule has 2 rings (SSSR count). The van der Waals surface area contributed by atoms with Gasteiger partial charge in [0.1, 0.15) is 0 Å². The van der Waals surface area contributed by atoms with Gasteiger partial charge in [0.2, 0.25) is 0 Å². The summed E-state index contributed by atoms with van der Waals surface area (Å²) in [5, 5.41) is 12.3. The first-order chi connectivity index (χ1) is 7.79. The second kappa shape index (κ2) is 5.60. The Balaban J connectivity index is 2.06. The zero-order chi connectivity index (χ0) is 11.4. The molecule has 1 aliphatic heterocycles. The van der Waals surface area contributed by atoms with E-state index in [2.05, 4.69) is 27.3 Å². The zero-order valence-electron chi connectivity index (χ0n) is 8.87. The number of nitrogens with zero attached hydrogens (tertiary/aromatic N) is 1. The topological polar surface area (TPSA) is 35.8 Å². The highest BCUT2D eigenvalue weighted by Crippen LogP contribution is 2.27. The van der Waals surface area contributed by atoms with Crippen molar-refractivity contribution in [3.63, 3.8) is 0 Å². The molecule has 2 nitrogen and oxygen atoms in total. The lowest BCUT2D eigenvalue weighted by Gasteiger charge is -2.24. The Hall–Kier alpha value is -0.660. The third-order valence-electron chi connectivity index (χ3n) is 2.68. The van der Waals surface area contributed by atoms with E-state index in [0.717, 1.165) is 10.2 Å². The molecule has 1 aromatic carbocycles. The number of nitriles is 1. The van der Waals surface area contributed by atoms with E-state index in [1.54, 1.807) is 0 Å². The summed E-state index contributed by atoms with van der Waals surface area (Å²) in [5.41, 5.74) is 1.78. The molecule has 16 heavy (non-hydrogen) atoms. The van der Waals surface area contributed by atoms with Gasteiger partial charge in [0.25, 0.3) is 0 Å². The molecule has 1 heterocycles. The van der Waals surface area contributed by atoms with Crippen LogP contribution in [0, 0.1) is 11.3 Å². The Bertz CT molecular complexity index is 408. The molecule has 0 atom stereocenters. The van der Waals surface area contributed by atoms with Crippen LogP contribution in [-0.2, 0) is 0 Å². The number of halogens is 1. The van der Waals surface area contributed by atoms with E-state index in [-0.39, 0.29) is 0 Å². The molecule has 0 radical (unpaired) electrons. The lowest BCUT2D eigenvalue weighted by molar-refractivity contribution is 0.666. The molecule has 1 N–H and O–H groups in total. The minimum absolute atomic E-state index is 0.575. The van der Waals surface area contributed by atoms with Crippen LogP contribution in [0.15, 0.2) is 22.7 Å². The molecule has 0 saturated carbocycles. The Morgan fingerprint density at radius 3 is 2.75 bits per heavy atom. The van der Waals surface area contributed by atoms with Gasteiger partial charge in [0.05, 0.1) is 11.6 Å². The summed E-state index contributed by atoms with van der Waals surface area (Å²) in [7, 11) is 0. The molecular formula is C12H13BrN2S. The van der Waals surface area contributed by atoms with Crippen molar-refractivity contribution >= 4 is 33.4 Å². The second-order valence-corrected chi connectivity index (χ2v) is 5.92. The Morgan fingerprint density at radius 1 is 1.38 bits per heavy atom. The minimum atomic E-state index is 0.575. The fourth-order valence-electron chi connectivity index (χ4n) is 1.76. The lowest BCUT2D eigenvalue weighted by Crippen LogP contribution is -2.24. The number of benzene rings is 1. The smallest absolute Gasteiger partial charge is 0.0992 e. The van der Waals surface area contributed by atoms with Crippen molar-refractivity contribution in [3.05, 3.63) is 28.2 Å². The maximum atomic E-state index is 8.78. The molecule has 0 amide bonds. The molecule has 1 saturated heterocycles. The van der Waals surface area contributed by atoms with Crippen LogP contribution < -0.4 is 5.32 Å². The molecule has 0 bridgehead atoms. The van der Waals surface area contributed by atoms with Crippen LogP contribution in [0.4, 0.5) is 5.69 Å². The van der Waals surface area contributed by atoms with Gasteiger partial charge >= 0.3 is 0 Å². The molecular weight excluding hydrogens is 284 g/mol. The maximum absolute atomic E-state index is 8.78. The lowest BCUT2D eigenvalue weighted by atomic mass is 10.1. The predicted octanol–water partition coefficient (Wildman–Crippen LogP) is 3.63. The normalized spacial score (nSPS) is 16.8. The van der Waals surface area contributed by atoms with Gasteiger partial charge < -0.3 is 5.32 Å². The van der Waals surface area contributed by atoms with E-state index in [9.17, 15) is 0 Å². The molecule has 1 fully saturated rings. The second-order valence-electron chi connectivity index (χ2n) is 3.84. The summed E-state index contributed by atoms with van der Waals surface area (Å²) in [6.45, 7) is 0. The van der Waals surface area contributed by atoms with E-state index >= 15 is 0 Å². The number of anilines is 1. The van der Waals surface area contributed by atoms with Crippen molar-refractivity contribution in [2.24, 2.45) is 0 Å². The van der Waals surface area contributed by atoms with E-state index in [0.29, 0.717) is 11.6 Å². The van der Waals surface area contributed by atoms with Gasteiger partial charge in [-0.2, -0.15) is 17.0 Å². The molecule has 0 aromatic heterocycles. The van der Waals surface area contributed by atoms with Crippen molar-refractivity contribution in [3.8, 4) is 6.07 Å². The third kappa shape index (κ3) is 2.93. The van der Waals surface area contributed by atoms with Gasteiger partial charge in [-0.1, -0.05) is 0 Å². The summed E-state index contributed by atoms with van der Waals surface area (Å²) < 4.78 is 0.977. The Kier molecular flexibility index (Phi) is 4.14. The van der Waals surface area contributed by atoms with Gasteiger partial charge in [0, 0.05) is 16.2 Å². The number of thioether (sulfide) groups is 1. The van der Waals surface area contributed by atoms with Crippen molar-refractivity contribution in [1.82, 2.24) is 0 Å². The van der Waals surface area contributed by atoms with Crippen molar-refractivity contribution in [2.45, 2.75) is 18.9 Å². The quantitative estimate of drug-likeness (QED) is 0.905. The number of hydrogen-bond acceptors (Lipinski definition) is 3. The first-order valence-electron chi connectivity index (χ1n) is 5.33. The average Bonchev–Trinajstić information content (AvgIpc) is 2.33. The largest absolute Gasteiger partial charge is 0.381 e. The van der Waals surface area contributed by atoms with Crippen LogP contribution in [0.3, 0.4) is 0 Å². The molecule has 1 aliphatic rings. The fourth-order valence-corrected chi connectivity index (χ4v) is 3.36. The van der Waals surface area contributed by atoms with Gasteiger partial charge in [-0.3, -0.25) is 0 Å². The fraction of sp³-hybridized carbons (Fsp3) is 0.417. The van der Waals surface area contributed by atoms with Crippen molar-refractivity contribution < 1.29 is 0 Å². The first kappa shape index (κ1) is 11.8. The van der Waals surface area contributed by atoms with E-state index in [4.69, 9.17) is 5.26 Å². The molecule has 4 heteroatoms. The first-order valence-corrected chi connectivity index (χ1v) is 7.28. The van der Waals surface area contributed by atoms with Crippen LogP contribution in [0.5, 0.6) is 0 Å². The summed E-state index contributed by atoms with van der Waals surface area (Å²) >= 11 is 5.52. The number of nitrogens with one attached hydrogen (secondary N) is 1. The summed E-state index contributed by atoms with van der Waals surface area (Å²) in [6.07, 6.45) is 2.44. The minimum Gasteiger partial charge on any atom is -0.381 e. The van der Waals surface area contributed by atoms with Crippen LogP contribution in [0.2, 0.25) is 0 Å². The number of hydrogen-bond donors (Lipinski definition) is 1. The Morgan fingerprint density at radius 2 is 2.12 bits per heavy atom. The maximum Gasteiger partial charge on any atom is 0.0992 e. The van der Waals surface area contributed by atoms with Crippen molar-refractivity contribution in [1.29, 1.82) is 5.26 Å². The van der Waals surface area contributed by atoms with E-state index < -0.39 is 0 Å². The average molecular weight is 297 g/mol. The standard InChI is InChI=1S/C12H13BrN2S/c13-11-7-9(8-14)1-2-12(11)15-10-3-5-16-6-4-10/h1-2,7,10,15H,3-6H2. The van der Waals surface area contributed by atoms with E-state index in [1.165, 1.54) is 24.3 Å². The van der Waals surface area contributed by atoms with Crippen LogP contribution in [0.25, 0.3) is 0 Å². The highest BCUT2D eigenvalue weighted by atomic mass is 79.9. The molecule has 0 unspecified atom stereocenters. The summed E-state index contributed by atoms with van der Waals surface area (Å²) in [6, 6.07) is 8.40. The van der Waals surface area contributed by atoms with Gasteiger partial charge in [-0.05, 0) is 58.5 Å². The summed E-state index contributed by atoms with van der Waals surface area (Å²) in [4.78, 5) is 0. The van der Waals surface area contributed by atoms with Crippen LogP contribution in [-0.4, -0.2) is 17.5 Å². The Labute approximate surface area is 109 Å². The SMILES string of the molecule is N#Cc1ccc(NC2CCSCC2)c(Br)c1. The number of rotatable bonds is 2. The van der Waals surface area contributed by atoms with Crippen LogP contribution >= 0.6 is 27.7 Å². The van der Waals surface area contributed by atoms with E-state index in [1.807, 2.05) is 30.0 Å². The van der Waals surface area contributed by atoms with Gasteiger partial charge in [0.15, 0.2) is 0 Å². The summed E-state index contributed by atoms with van der Waals surface area (Å²) in [5.74, 6) is 2.48. The zero-order valence-corrected chi connectivity index (χ0v) is 11.3. The van der Waals surface area contributed by atoms with Gasteiger partial charge in [-0.25, -0.2) is 0 Å².